The van der Waals surface area contributed by atoms with Gasteiger partial charge in [0.25, 0.3) is 0 Å². The van der Waals surface area contributed by atoms with Gasteiger partial charge in [-0.1, -0.05) is 48.5 Å². The van der Waals surface area contributed by atoms with Gasteiger partial charge in [0.05, 0.1) is 17.6 Å². The summed E-state index contributed by atoms with van der Waals surface area (Å²) >= 11 is 0. The number of anilines is 1. The number of imidazole rings is 1. The standard InChI is InChI=1S/C28H25N3O3/c1-2-33-22-16-14-21(15-17-22)29-28(32)18-31-25-12-6-5-11-24(25)30-27(31)19-34-26-13-7-9-20-8-3-4-10-23(20)26/h3-17H,2,18-19H2,1H3,(H,29,32). The topological polar surface area (TPSA) is 65.4 Å². The molecule has 0 spiro atoms. The minimum Gasteiger partial charge on any atom is -0.494 e. The molecule has 0 radical (unpaired) electrons. The number of carbonyl (C=O) groups is 1. The molecule has 0 atom stereocenters. The first-order valence-electron chi connectivity index (χ1n) is 11.3. The van der Waals surface area contributed by atoms with Crippen molar-refractivity contribution in [3.05, 3.63) is 96.8 Å². The van der Waals surface area contributed by atoms with E-state index in [1.54, 1.807) is 0 Å². The first kappa shape index (κ1) is 21.5. The third-order valence-corrected chi connectivity index (χ3v) is 5.59. The Kier molecular flexibility index (Phi) is 6.12. The number of hydrogen-bond donors (Lipinski definition) is 1. The third-order valence-electron chi connectivity index (χ3n) is 5.59. The lowest BCUT2D eigenvalue weighted by atomic mass is 10.1. The van der Waals surface area contributed by atoms with E-state index in [-0.39, 0.29) is 19.1 Å². The number of amides is 1. The second-order valence-corrected chi connectivity index (χ2v) is 7.87. The zero-order valence-corrected chi connectivity index (χ0v) is 18.9. The van der Waals surface area contributed by atoms with Crippen molar-refractivity contribution in [3.8, 4) is 11.5 Å². The number of nitrogens with zero attached hydrogens (tertiary/aromatic N) is 2. The first-order chi connectivity index (χ1) is 16.7. The molecule has 0 aliphatic carbocycles. The summed E-state index contributed by atoms with van der Waals surface area (Å²) in [6.07, 6.45) is 0. The Morgan fingerprint density at radius 1 is 0.882 bits per heavy atom. The van der Waals surface area contributed by atoms with Crippen molar-refractivity contribution < 1.29 is 14.3 Å². The lowest BCUT2D eigenvalue weighted by Gasteiger charge is -2.12. The van der Waals surface area contributed by atoms with Crippen molar-refractivity contribution in [2.45, 2.75) is 20.1 Å². The Morgan fingerprint density at radius 2 is 1.65 bits per heavy atom. The summed E-state index contributed by atoms with van der Waals surface area (Å²) in [5.74, 6) is 2.11. The van der Waals surface area contributed by atoms with Crippen LogP contribution < -0.4 is 14.8 Å². The number of rotatable bonds is 8. The van der Waals surface area contributed by atoms with Gasteiger partial charge in [-0.15, -0.1) is 0 Å². The molecule has 0 fully saturated rings. The summed E-state index contributed by atoms with van der Waals surface area (Å²) < 4.78 is 13.6. The normalized spacial score (nSPS) is 11.0. The molecule has 34 heavy (non-hydrogen) atoms. The molecule has 0 aliphatic rings. The fourth-order valence-electron chi connectivity index (χ4n) is 4.02. The van der Waals surface area contributed by atoms with Crippen LogP contribution in [0.3, 0.4) is 0 Å². The summed E-state index contributed by atoms with van der Waals surface area (Å²) in [5, 5.41) is 5.11. The maximum absolute atomic E-state index is 12.9. The highest BCUT2D eigenvalue weighted by molar-refractivity contribution is 5.92. The predicted molar refractivity (Wildman–Crippen MR) is 134 cm³/mol. The second-order valence-electron chi connectivity index (χ2n) is 7.87. The second kappa shape index (κ2) is 9.67. The molecule has 4 aromatic carbocycles. The van der Waals surface area contributed by atoms with E-state index in [0.29, 0.717) is 18.1 Å². The summed E-state index contributed by atoms with van der Waals surface area (Å²) in [6.45, 7) is 2.91. The number of hydrogen-bond acceptors (Lipinski definition) is 4. The van der Waals surface area contributed by atoms with E-state index in [1.807, 2.05) is 90.4 Å². The fourth-order valence-corrected chi connectivity index (χ4v) is 4.02. The van der Waals surface area contributed by atoms with Crippen LogP contribution in [-0.4, -0.2) is 22.1 Å². The molecule has 1 heterocycles. The van der Waals surface area contributed by atoms with E-state index in [2.05, 4.69) is 17.4 Å². The molecule has 0 bridgehead atoms. The number of carbonyl (C=O) groups excluding carboxylic acids is 1. The molecular formula is C28H25N3O3. The summed E-state index contributed by atoms with van der Waals surface area (Å²) in [7, 11) is 0. The lowest BCUT2D eigenvalue weighted by molar-refractivity contribution is -0.116. The molecular weight excluding hydrogens is 426 g/mol. The van der Waals surface area contributed by atoms with Crippen LogP contribution in [0.5, 0.6) is 11.5 Å². The van der Waals surface area contributed by atoms with E-state index in [9.17, 15) is 4.79 Å². The number of nitrogens with one attached hydrogen (secondary N) is 1. The monoisotopic (exact) mass is 451 g/mol. The highest BCUT2D eigenvalue weighted by Gasteiger charge is 2.15. The number of para-hydroxylation sites is 2. The summed E-state index contributed by atoms with van der Waals surface area (Å²) in [5.41, 5.74) is 2.43. The van der Waals surface area contributed by atoms with Gasteiger partial charge in [0.2, 0.25) is 5.91 Å². The quantitative estimate of drug-likeness (QED) is 0.324. The van der Waals surface area contributed by atoms with Crippen LogP contribution in [0.15, 0.2) is 91.0 Å². The molecule has 6 heteroatoms. The molecule has 0 saturated carbocycles. The van der Waals surface area contributed by atoms with Gasteiger partial charge >= 0.3 is 0 Å². The van der Waals surface area contributed by atoms with E-state index in [1.165, 1.54) is 0 Å². The Morgan fingerprint density at radius 3 is 2.50 bits per heavy atom. The average molecular weight is 452 g/mol. The van der Waals surface area contributed by atoms with Gasteiger partial charge in [-0.2, -0.15) is 0 Å². The van der Waals surface area contributed by atoms with E-state index in [0.717, 1.165) is 33.3 Å². The largest absolute Gasteiger partial charge is 0.494 e. The smallest absolute Gasteiger partial charge is 0.244 e. The van der Waals surface area contributed by atoms with Crippen LogP contribution in [0, 0.1) is 0 Å². The van der Waals surface area contributed by atoms with Crippen LogP contribution in [-0.2, 0) is 17.9 Å². The van der Waals surface area contributed by atoms with Crippen molar-refractivity contribution >= 4 is 33.4 Å². The van der Waals surface area contributed by atoms with Gasteiger partial charge in [-0.05, 0) is 54.8 Å². The van der Waals surface area contributed by atoms with E-state index in [4.69, 9.17) is 14.5 Å². The van der Waals surface area contributed by atoms with Crippen molar-refractivity contribution in [2.24, 2.45) is 0 Å². The van der Waals surface area contributed by atoms with Gasteiger partial charge in [-0.3, -0.25) is 4.79 Å². The average Bonchev–Trinajstić information content (AvgIpc) is 3.21. The summed E-state index contributed by atoms with van der Waals surface area (Å²) in [4.78, 5) is 17.6. The van der Waals surface area contributed by atoms with E-state index < -0.39 is 0 Å². The van der Waals surface area contributed by atoms with Gasteiger partial charge < -0.3 is 19.4 Å². The van der Waals surface area contributed by atoms with Gasteiger partial charge in [0.1, 0.15) is 30.5 Å². The van der Waals surface area contributed by atoms with Gasteiger partial charge in [-0.25, -0.2) is 4.98 Å². The van der Waals surface area contributed by atoms with Crippen LogP contribution in [0.2, 0.25) is 0 Å². The van der Waals surface area contributed by atoms with Crippen molar-refractivity contribution in [1.29, 1.82) is 0 Å². The number of fused-ring (bicyclic) bond motifs is 2. The predicted octanol–water partition coefficient (Wildman–Crippen LogP) is 5.81. The minimum absolute atomic E-state index is 0.127. The fraction of sp³-hybridized carbons (Fsp3) is 0.143. The molecule has 0 saturated heterocycles. The van der Waals surface area contributed by atoms with Crippen molar-refractivity contribution in [2.75, 3.05) is 11.9 Å². The minimum atomic E-state index is -0.140. The summed E-state index contributed by atoms with van der Waals surface area (Å²) in [6, 6.07) is 29.2. The first-order valence-corrected chi connectivity index (χ1v) is 11.3. The molecule has 5 aromatic rings. The number of benzene rings is 4. The Labute approximate surface area is 197 Å². The zero-order valence-electron chi connectivity index (χ0n) is 18.9. The lowest BCUT2D eigenvalue weighted by Crippen LogP contribution is -2.20. The highest BCUT2D eigenvalue weighted by Crippen LogP contribution is 2.26. The Bertz CT molecular complexity index is 1440. The highest BCUT2D eigenvalue weighted by atomic mass is 16.5. The Hall–Kier alpha value is -4.32. The molecule has 6 nitrogen and oxygen atoms in total. The maximum atomic E-state index is 12.9. The Balaban J connectivity index is 1.37. The van der Waals surface area contributed by atoms with Crippen molar-refractivity contribution in [1.82, 2.24) is 9.55 Å². The molecule has 1 amide bonds. The number of ether oxygens (including phenoxy) is 2. The molecule has 5 rings (SSSR count). The van der Waals surface area contributed by atoms with Crippen LogP contribution >= 0.6 is 0 Å². The number of aromatic nitrogens is 2. The van der Waals surface area contributed by atoms with Crippen LogP contribution in [0.4, 0.5) is 5.69 Å². The molecule has 0 aliphatic heterocycles. The maximum Gasteiger partial charge on any atom is 0.244 e. The molecule has 1 aromatic heterocycles. The molecule has 170 valence electrons. The third kappa shape index (κ3) is 4.57. The van der Waals surface area contributed by atoms with Gasteiger partial charge in [0, 0.05) is 11.1 Å². The molecule has 0 unspecified atom stereocenters. The van der Waals surface area contributed by atoms with Crippen molar-refractivity contribution in [3.63, 3.8) is 0 Å². The van der Waals surface area contributed by atoms with Crippen LogP contribution in [0.1, 0.15) is 12.7 Å². The SMILES string of the molecule is CCOc1ccc(NC(=O)Cn2c(COc3cccc4ccccc34)nc3ccccc32)cc1. The van der Waals surface area contributed by atoms with E-state index >= 15 is 0 Å². The molecule has 1 N–H and O–H groups in total. The van der Waals surface area contributed by atoms with Gasteiger partial charge in [0.15, 0.2) is 0 Å². The van der Waals surface area contributed by atoms with Crippen LogP contribution in [0.25, 0.3) is 21.8 Å². The zero-order chi connectivity index (χ0) is 23.3.